The van der Waals surface area contributed by atoms with E-state index in [4.69, 9.17) is 0 Å². The van der Waals surface area contributed by atoms with Crippen LogP contribution in [0.2, 0.25) is 0 Å². The van der Waals surface area contributed by atoms with E-state index in [0.717, 1.165) is 4.57 Å². The molecular formula is C18H17FN4O3. The number of amides is 1. The summed E-state index contributed by atoms with van der Waals surface area (Å²) in [4.78, 5) is 40.8. The lowest BCUT2D eigenvalue weighted by Gasteiger charge is -2.15. The molecule has 1 amide bonds. The molecule has 1 aromatic carbocycles. The van der Waals surface area contributed by atoms with Gasteiger partial charge in [-0.3, -0.25) is 18.7 Å². The SMILES string of the molecule is CC(NC(=O)c1cnc2c(c1)c(=O)n(C)c(=O)n2C)c1cccc(F)c1. The van der Waals surface area contributed by atoms with Gasteiger partial charge in [-0.05, 0) is 30.7 Å². The minimum Gasteiger partial charge on any atom is -0.345 e. The quantitative estimate of drug-likeness (QED) is 0.766. The lowest BCUT2D eigenvalue weighted by molar-refractivity contribution is 0.0939. The van der Waals surface area contributed by atoms with E-state index >= 15 is 0 Å². The van der Waals surface area contributed by atoms with Crippen LogP contribution < -0.4 is 16.6 Å². The average Bonchev–Trinajstić information content (AvgIpc) is 2.64. The van der Waals surface area contributed by atoms with Crippen LogP contribution in [0.5, 0.6) is 0 Å². The molecule has 0 fully saturated rings. The van der Waals surface area contributed by atoms with Crippen molar-refractivity contribution in [3.05, 3.63) is 74.3 Å². The third-order valence-corrected chi connectivity index (χ3v) is 4.25. The summed E-state index contributed by atoms with van der Waals surface area (Å²) in [5.74, 6) is -0.840. The zero-order chi connectivity index (χ0) is 19.0. The highest BCUT2D eigenvalue weighted by atomic mass is 19.1. The van der Waals surface area contributed by atoms with Gasteiger partial charge in [-0.2, -0.15) is 0 Å². The van der Waals surface area contributed by atoms with Crippen LogP contribution >= 0.6 is 0 Å². The van der Waals surface area contributed by atoms with Gasteiger partial charge in [0.15, 0.2) is 0 Å². The van der Waals surface area contributed by atoms with E-state index in [0.29, 0.717) is 5.56 Å². The number of hydrogen-bond acceptors (Lipinski definition) is 4. The monoisotopic (exact) mass is 356 g/mol. The van der Waals surface area contributed by atoms with Gasteiger partial charge in [0, 0.05) is 20.3 Å². The van der Waals surface area contributed by atoms with Crippen LogP contribution in [-0.4, -0.2) is 20.0 Å². The van der Waals surface area contributed by atoms with Crippen molar-refractivity contribution in [2.45, 2.75) is 13.0 Å². The molecule has 3 rings (SSSR count). The first-order valence-electron chi connectivity index (χ1n) is 7.91. The molecule has 26 heavy (non-hydrogen) atoms. The fraction of sp³-hybridized carbons (Fsp3) is 0.222. The van der Waals surface area contributed by atoms with Crippen molar-refractivity contribution in [3.8, 4) is 0 Å². The third kappa shape index (κ3) is 3.01. The maximum atomic E-state index is 13.3. The van der Waals surface area contributed by atoms with Crippen LogP contribution in [0.1, 0.15) is 28.9 Å². The van der Waals surface area contributed by atoms with Crippen molar-refractivity contribution in [3.63, 3.8) is 0 Å². The van der Waals surface area contributed by atoms with Gasteiger partial charge >= 0.3 is 5.69 Å². The minimum atomic E-state index is -0.525. The van der Waals surface area contributed by atoms with Gasteiger partial charge in [0.25, 0.3) is 11.5 Å². The Kier molecular flexibility index (Phi) is 4.41. The summed E-state index contributed by atoms with van der Waals surface area (Å²) in [6.45, 7) is 1.73. The Morgan fingerprint density at radius 2 is 1.92 bits per heavy atom. The zero-order valence-electron chi connectivity index (χ0n) is 14.5. The third-order valence-electron chi connectivity index (χ3n) is 4.25. The number of carbonyl (C=O) groups excluding carboxylic acids is 1. The van der Waals surface area contributed by atoms with Crippen molar-refractivity contribution in [1.82, 2.24) is 19.4 Å². The number of benzene rings is 1. The Morgan fingerprint density at radius 3 is 2.62 bits per heavy atom. The first-order chi connectivity index (χ1) is 12.3. The maximum Gasteiger partial charge on any atom is 0.332 e. The molecule has 7 nitrogen and oxygen atoms in total. The van der Waals surface area contributed by atoms with Crippen LogP contribution in [0, 0.1) is 5.82 Å². The van der Waals surface area contributed by atoms with E-state index in [1.54, 1.807) is 19.1 Å². The van der Waals surface area contributed by atoms with E-state index in [-0.39, 0.29) is 22.4 Å². The molecule has 0 saturated heterocycles. The van der Waals surface area contributed by atoms with E-state index in [1.165, 1.54) is 43.1 Å². The first-order valence-corrected chi connectivity index (χ1v) is 7.91. The van der Waals surface area contributed by atoms with E-state index in [1.807, 2.05) is 0 Å². The predicted octanol–water partition coefficient (Wildman–Crippen LogP) is 1.26. The van der Waals surface area contributed by atoms with Gasteiger partial charge in [-0.1, -0.05) is 12.1 Å². The number of halogens is 1. The Morgan fingerprint density at radius 1 is 1.19 bits per heavy atom. The lowest BCUT2D eigenvalue weighted by atomic mass is 10.1. The molecule has 0 bridgehead atoms. The Labute approximate surface area is 147 Å². The standard InChI is InChI=1S/C18H17FN4O3/c1-10(11-5-4-6-13(19)7-11)21-16(24)12-8-14-15(20-9-12)22(2)18(26)23(3)17(14)25/h4-10H,1-3H3,(H,21,24). The number of hydrogen-bond donors (Lipinski definition) is 1. The highest BCUT2D eigenvalue weighted by molar-refractivity contribution is 5.96. The van der Waals surface area contributed by atoms with Crippen molar-refractivity contribution in [1.29, 1.82) is 0 Å². The van der Waals surface area contributed by atoms with Gasteiger partial charge in [0.1, 0.15) is 11.5 Å². The molecule has 2 heterocycles. The first kappa shape index (κ1) is 17.5. The minimum absolute atomic E-state index is 0.167. The van der Waals surface area contributed by atoms with E-state index in [2.05, 4.69) is 10.3 Å². The normalized spacial score (nSPS) is 12.2. The van der Waals surface area contributed by atoms with Crippen molar-refractivity contribution in [2.75, 3.05) is 0 Å². The maximum absolute atomic E-state index is 13.3. The average molecular weight is 356 g/mol. The van der Waals surface area contributed by atoms with Gasteiger partial charge in [0.2, 0.25) is 0 Å². The Balaban J connectivity index is 1.96. The summed E-state index contributed by atoms with van der Waals surface area (Å²) in [5, 5.41) is 2.91. The number of fused-ring (bicyclic) bond motifs is 1. The van der Waals surface area contributed by atoms with Gasteiger partial charge in [0.05, 0.1) is 17.0 Å². The summed E-state index contributed by atoms with van der Waals surface area (Å²) in [6.07, 6.45) is 1.30. The van der Waals surface area contributed by atoms with Crippen LogP contribution in [0.15, 0.2) is 46.1 Å². The number of carbonyl (C=O) groups is 1. The molecule has 3 aromatic rings. The Hall–Kier alpha value is -3.29. The number of rotatable bonds is 3. The molecule has 2 aromatic heterocycles. The van der Waals surface area contributed by atoms with Crippen molar-refractivity contribution >= 4 is 16.9 Å². The summed E-state index contributed by atoms with van der Waals surface area (Å²) in [7, 11) is 2.87. The predicted molar refractivity (Wildman–Crippen MR) is 94.5 cm³/mol. The largest absolute Gasteiger partial charge is 0.345 e. The smallest absolute Gasteiger partial charge is 0.332 e. The molecule has 0 aliphatic carbocycles. The number of pyridine rings is 1. The molecule has 0 aliphatic rings. The van der Waals surface area contributed by atoms with Crippen molar-refractivity contribution in [2.24, 2.45) is 14.1 Å². The molecule has 1 atom stereocenters. The summed E-state index contributed by atoms with van der Waals surface area (Å²) in [6, 6.07) is 6.91. The molecule has 0 saturated carbocycles. The lowest BCUT2D eigenvalue weighted by Crippen LogP contribution is -2.37. The topological polar surface area (TPSA) is 86.0 Å². The number of aromatic nitrogens is 3. The molecular weight excluding hydrogens is 339 g/mol. The summed E-state index contributed by atoms with van der Waals surface area (Å²) >= 11 is 0. The fourth-order valence-electron chi connectivity index (χ4n) is 2.73. The molecule has 8 heteroatoms. The second-order valence-corrected chi connectivity index (χ2v) is 6.05. The zero-order valence-corrected chi connectivity index (χ0v) is 14.5. The van der Waals surface area contributed by atoms with Crippen LogP contribution in [0.4, 0.5) is 4.39 Å². The molecule has 0 spiro atoms. The second kappa shape index (κ2) is 6.55. The molecule has 1 unspecified atom stereocenters. The molecule has 0 aliphatic heterocycles. The number of aryl methyl sites for hydroxylation is 1. The summed E-state index contributed by atoms with van der Waals surface area (Å²) < 4.78 is 15.5. The molecule has 0 radical (unpaired) electrons. The fourth-order valence-corrected chi connectivity index (χ4v) is 2.73. The Bertz CT molecular complexity index is 1130. The number of nitrogens with one attached hydrogen (secondary N) is 1. The van der Waals surface area contributed by atoms with Crippen molar-refractivity contribution < 1.29 is 9.18 Å². The number of nitrogens with zero attached hydrogens (tertiary/aromatic N) is 3. The van der Waals surface area contributed by atoms with Crippen LogP contribution in [0.3, 0.4) is 0 Å². The highest BCUT2D eigenvalue weighted by Crippen LogP contribution is 2.15. The van der Waals surface area contributed by atoms with Gasteiger partial charge in [-0.25, -0.2) is 14.2 Å². The van der Waals surface area contributed by atoms with Crippen LogP contribution in [-0.2, 0) is 14.1 Å². The van der Waals surface area contributed by atoms with Crippen LogP contribution in [0.25, 0.3) is 11.0 Å². The molecule has 1 N–H and O–H groups in total. The summed E-state index contributed by atoms with van der Waals surface area (Å²) in [5.41, 5.74) is -0.0231. The highest BCUT2D eigenvalue weighted by Gasteiger charge is 2.16. The van der Waals surface area contributed by atoms with E-state index < -0.39 is 23.2 Å². The molecule has 134 valence electrons. The van der Waals surface area contributed by atoms with Gasteiger partial charge in [-0.15, -0.1) is 0 Å². The second-order valence-electron chi connectivity index (χ2n) is 6.05. The van der Waals surface area contributed by atoms with E-state index in [9.17, 15) is 18.8 Å². The van der Waals surface area contributed by atoms with Gasteiger partial charge < -0.3 is 5.32 Å².